The topological polar surface area (TPSA) is 25.8 Å². The molecule has 0 aliphatic rings. The third-order valence-corrected chi connectivity index (χ3v) is 2.31. The van der Waals surface area contributed by atoms with Crippen molar-refractivity contribution < 1.29 is 13.2 Å². The molecule has 1 aromatic carbocycles. The Morgan fingerprint density at radius 1 is 1.06 bits per heavy atom. The van der Waals surface area contributed by atoms with Gasteiger partial charge in [0.2, 0.25) is 0 Å². The Morgan fingerprint density at radius 3 is 2.33 bits per heavy atom. The summed E-state index contributed by atoms with van der Waals surface area (Å²) in [5.74, 6) is 2.25. The van der Waals surface area contributed by atoms with Crippen LogP contribution >= 0.6 is 0 Å². The van der Waals surface area contributed by atoms with Gasteiger partial charge in [-0.2, -0.15) is 13.2 Å². The van der Waals surface area contributed by atoms with Gasteiger partial charge in [0.15, 0.2) is 0 Å². The first-order valence-corrected chi connectivity index (χ1v) is 4.97. The molecule has 90 valence electrons. The second-order valence-corrected chi connectivity index (χ2v) is 3.47. The van der Waals surface area contributed by atoms with E-state index >= 15 is 0 Å². The molecule has 1 aromatic heterocycles. The summed E-state index contributed by atoms with van der Waals surface area (Å²) >= 11 is 0. The summed E-state index contributed by atoms with van der Waals surface area (Å²) in [6, 6.07) is 5.20. The monoisotopic (exact) mass is 248 g/mol. The maximum Gasteiger partial charge on any atom is 0.417 e. The van der Waals surface area contributed by atoms with Gasteiger partial charge < -0.3 is 0 Å². The molecule has 0 saturated carbocycles. The molecule has 0 bridgehead atoms. The molecule has 0 aliphatic heterocycles. The van der Waals surface area contributed by atoms with Crippen LogP contribution in [-0.4, -0.2) is 9.97 Å². The Kier molecular flexibility index (Phi) is 3.02. The van der Waals surface area contributed by atoms with E-state index in [0.29, 0.717) is 0 Å². The summed E-state index contributed by atoms with van der Waals surface area (Å²) in [5, 5.41) is 0. The molecule has 0 spiro atoms. The summed E-state index contributed by atoms with van der Waals surface area (Å²) in [6.07, 6.45) is 3.18. The molecule has 2 rings (SSSR count). The Hall–Kier alpha value is -2.35. The summed E-state index contributed by atoms with van der Waals surface area (Å²) in [4.78, 5) is 7.72. The minimum Gasteiger partial charge on any atom is -0.252 e. The van der Waals surface area contributed by atoms with E-state index in [1.807, 2.05) is 0 Å². The van der Waals surface area contributed by atoms with Crippen LogP contribution in [0.4, 0.5) is 13.2 Å². The predicted octanol–water partition coefficient (Wildman–Crippen LogP) is 3.14. The van der Waals surface area contributed by atoms with E-state index in [2.05, 4.69) is 15.9 Å². The largest absolute Gasteiger partial charge is 0.417 e. The van der Waals surface area contributed by atoms with Crippen molar-refractivity contribution in [3.63, 3.8) is 0 Å². The van der Waals surface area contributed by atoms with Gasteiger partial charge in [0, 0.05) is 5.56 Å². The lowest BCUT2D eigenvalue weighted by molar-refractivity contribution is -0.137. The number of halogens is 3. The second-order valence-electron chi connectivity index (χ2n) is 3.47. The molecule has 2 nitrogen and oxygen atoms in total. The van der Waals surface area contributed by atoms with E-state index in [1.165, 1.54) is 30.6 Å². The highest BCUT2D eigenvalue weighted by Crippen LogP contribution is 2.35. The van der Waals surface area contributed by atoms with Gasteiger partial charge in [0.05, 0.1) is 23.7 Å². The highest BCUT2D eigenvalue weighted by molar-refractivity contribution is 5.63. The zero-order valence-electron chi connectivity index (χ0n) is 9.07. The number of alkyl halides is 3. The Balaban J connectivity index is 2.54. The van der Waals surface area contributed by atoms with Crippen LogP contribution in [0.3, 0.4) is 0 Å². The Morgan fingerprint density at radius 2 is 1.78 bits per heavy atom. The van der Waals surface area contributed by atoms with E-state index in [-0.39, 0.29) is 17.0 Å². The summed E-state index contributed by atoms with van der Waals surface area (Å²) in [7, 11) is 0. The van der Waals surface area contributed by atoms with E-state index in [9.17, 15) is 13.2 Å². The fourth-order valence-electron chi connectivity index (χ4n) is 1.50. The molecule has 1 heterocycles. The van der Waals surface area contributed by atoms with Crippen LogP contribution in [-0.2, 0) is 6.18 Å². The molecule has 0 aliphatic carbocycles. The zero-order chi connectivity index (χ0) is 13.2. The first kappa shape index (κ1) is 12.1. The van der Waals surface area contributed by atoms with E-state index in [0.717, 1.165) is 6.07 Å². The fourth-order valence-corrected chi connectivity index (χ4v) is 1.50. The summed E-state index contributed by atoms with van der Waals surface area (Å²) in [5.41, 5.74) is -0.334. The molecule has 5 heteroatoms. The van der Waals surface area contributed by atoms with Crippen molar-refractivity contribution in [2.45, 2.75) is 6.18 Å². The van der Waals surface area contributed by atoms with E-state index < -0.39 is 11.7 Å². The maximum atomic E-state index is 12.8. The molecular weight excluding hydrogens is 241 g/mol. The van der Waals surface area contributed by atoms with E-state index in [1.54, 1.807) is 0 Å². The first-order valence-electron chi connectivity index (χ1n) is 4.97. The Bertz CT molecular complexity index is 595. The number of rotatable bonds is 1. The van der Waals surface area contributed by atoms with Gasteiger partial charge in [-0.15, -0.1) is 6.42 Å². The molecule has 0 N–H and O–H groups in total. The lowest BCUT2D eigenvalue weighted by Crippen LogP contribution is -2.07. The maximum absolute atomic E-state index is 12.8. The standard InChI is InChI=1S/C13H7F3N2/c1-2-9-7-18-12(8-17-9)10-5-3-4-6-11(10)13(14,15)16/h1,3-8H. The normalized spacial score (nSPS) is 11.0. The zero-order valence-corrected chi connectivity index (χ0v) is 9.07. The summed E-state index contributed by atoms with van der Waals surface area (Å²) in [6.45, 7) is 0. The van der Waals surface area contributed by atoms with Gasteiger partial charge in [-0.25, -0.2) is 4.98 Å². The van der Waals surface area contributed by atoms with Gasteiger partial charge in [0.1, 0.15) is 5.69 Å². The van der Waals surface area contributed by atoms with Crippen molar-refractivity contribution >= 4 is 0 Å². The van der Waals surface area contributed by atoms with Gasteiger partial charge in [-0.3, -0.25) is 4.98 Å². The molecule has 0 radical (unpaired) electrons. The highest BCUT2D eigenvalue weighted by Gasteiger charge is 2.33. The van der Waals surface area contributed by atoms with Crippen LogP contribution < -0.4 is 0 Å². The minimum absolute atomic E-state index is 0.0129. The van der Waals surface area contributed by atoms with Gasteiger partial charge in [0.25, 0.3) is 0 Å². The third-order valence-electron chi connectivity index (χ3n) is 2.31. The van der Waals surface area contributed by atoms with Gasteiger partial charge in [-0.1, -0.05) is 18.2 Å². The SMILES string of the molecule is C#Cc1cnc(-c2ccccc2C(F)(F)F)cn1. The van der Waals surface area contributed by atoms with Crippen LogP contribution in [0.25, 0.3) is 11.3 Å². The number of hydrogen-bond acceptors (Lipinski definition) is 2. The quantitative estimate of drug-likeness (QED) is 0.724. The van der Waals surface area contributed by atoms with Crippen LogP contribution in [0.2, 0.25) is 0 Å². The third kappa shape index (κ3) is 2.33. The van der Waals surface area contributed by atoms with Crippen molar-refractivity contribution in [2.24, 2.45) is 0 Å². The average molecular weight is 248 g/mol. The minimum atomic E-state index is -4.43. The van der Waals surface area contributed by atoms with Crippen molar-refractivity contribution in [1.29, 1.82) is 0 Å². The molecule has 0 amide bonds. The van der Waals surface area contributed by atoms with Crippen molar-refractivity contribution in [1.82, 2.24) is 9.97 Å². The summed E-state index contributed by atoms with van der Waals surface area (Å²) < 4.78 is 38.4. The number of nitrogens with zero attached hydrogens (tertiary/aromatic N) is 2. The van der Waals surface area contributed by atoms with Crippen molar-refractivity contribution in [3.05, 3.63) is 47.9 Å². The molecule has 0 saturated heterocycles. The lowest BCUT2D eigenvalue weighted by atomic mass is 10.0. The van der Waals surface area contributed by atoms with Crippen LogP contribution in [0, 0.1) is 12.3 Å². The predicted molar refractivity (Wildman–Crippen MR) is 60.4 cm³/mol. The molecule has 0 fully saturated rings. The average Bonchev–Trinajstić information content (AvgIpc) is 2.38. The van der Waals surface area contributed by atoms with Gasteiger partial charge in [-0.05, 0) is 12.0 Å². The van der Waals surface area contributed by atoms with Crippen LogP contribution in [0.5, 0.6) is 0 Å². The van der Waals surface area contributed by atoms with Crippen LogP contribution in [0.1, 0.15) is 11.3 Å². The van der Waals surface area contributed by atoms with Crippen molar-refractivity contribution in [2.75, 3.05) is 0 Å². The van der Waals surface area contributed by atoms with E-state index in [4.69, 9.17) is 6.42 Å². The van der Waals surface area contributed by atoms with Crippen LogP contribution in [0.15, 0.2) is 36.7 Å². The number of aromatic nitrogens is 2. The fraction of sp³-hybridized carbons (Fsp3) is 0.0769. The highest BCUT2D eigenvalue weighted by atomic mass is 19.4. The van der Waals surface area contributed by atoms with Gasteiger partial charge >= 0.3 is 6.18 Å². The second kappa shape index (κ2) is 4.49. The molecular formula is C13H7F3N2. The smallest absolute Gasteiger partial charge is 0.252 e. The first-order chi connectivity index (χ1) is 8.52. The molecule has 0 unspecified atom stereocenters. The molecule has 2 aromatic rings. The molecule has 0 atom stereocenters. The lowest BCUT2D eigenvalue weighted by Gasteiger charge is -2.11. The Labute approximate surface area is 102 Å². The number of terminal acetylenes is 1. The number of hydrogen-bond donors (Lipinski definition) is 0. The number of benzene rings is 1. The van der Waals surface area contributed by atoms with Crippen molar-refractivity contribution in [3.8, 4) is 23.6 Å². The molecule has 18 heavy (non-hydrogen) atoms.